The van der Waals surface area contributed by atoms with Crippen molar-refractivity contribution >= 4 is 21.6 Å². The average molecular weight is 334 g/mol. The Bertz CT molecular complexity index is 703. The minimum absolute atomic E-state index is 0.0499. The van der Waals surface area contributed by atoms with E-state index in [1.54, 1.807) is 6.07 Å². The van der Waals surface area contributed by atoms with E-state index in [0.717, 1.165) is 6.07 Å². The number of halogens is 2. The molecule has 0 saturated heterocycles. The predicted molar refractivity (Wildman–Crippen MR) is 75.7 cm³/mol. The van der Waals surface area contributed by atoms with Crippen LogP contribution in [-0.2, 0) is 15.8 Å². The van der Waals surface area contributed by atoms with Gasteiger partial charge in [-0.25, -0.2) is 17.5 Å². The van der Waals surface area contributed by atoms with Crippen LogP contribution in [0.2, 0.25) is 5.02 Å². The maximum Gasteiger partial charge on any atom is 0.216 e. The Labute approximate surface area is 126 Å². The number of benzene rings is 1. The van der Waals surface area contributed by atoms with Gasteiger partial charge in [-0.1, -0.05) is 11.6 Å². The molecular formula is C13H13ClFNO4S. The van der Waals surface area contributed by atoms with Crippen molar-refractivity contribution in [1.29, 1.82) is 0 Å². The molecule has 1 heterocycles. The molecule has 0 spiro atoms. The van der Waals surface area contributed by atoms with Gasteiger partial charge in [0.25, 0.3) is 0 Å². The fourth-order valence-corrected chi connectivity index (χ4v) is 3.32. The van der Waals surface area contributed by atoms with E-state index in [1.807, 2.05) is 0 Å². The Morgan fingerprint density at radius 2 is 2.14 bits per heavy atom. The van der Waals surface area contributed by atoms with Gasteiger partial charge in [-0.2, -0.15) is 0 Å². The molecule has 0 amide bonds. The molecule has 0 radical (unpaired) electrons. The average Bonchev–Trinajstić information content (AvgIpc) is 2.94. The minimum Gasteiger partial charge on any atom is -0.468 e. The standard InChI is InChI=1S/C13H13ClFNO4S/c14-10-3-4-11(15)9(6-10)8-21(18,19)16-12(7-17)13-2-1-5-20-13/h1-6,12,16-17H,7-8H2. The van der Waals surface area contributed by atoms with Crippen LogP contribution in [0.4, 0.5) is 4.39 Å². The molecule has 0 saturated carbocycles. The fourth-order valence-electron chi connectivity index (χ4n) is 1.79. The summed E-state index contributed by atoms with van der Waals surface area (Å²) < 4.78 is 45.0. The zero-order valence-corrected chi connectivity index (χ0v) is 12.4. The summed E-state index contributed by atoms with van der Waals surface area (Å²) in [6.45, 7) is -0.481. The van der Waals surface area contributed by atoms with Gasteiger partial charge in [0.2, 0.25) is 10.0 Å². The van der Waals surface area contributed by atoms with Gasteiger partial charge in [-0.3, -0.25) is 0 Å². The lowest BCUT2D eigenvalue weighted by Gasteiger charge is -2.14. The Morgan fingerprint density at radius 1 is 1.38 bits per heavy atom. The quantitative estimate of drug-likeness (QED) is 0.849. The number of hydrogen-bond donors (Lipinski definition) is 2. The van der Waals surface area contributed by atoms with E-state index in [9.17, 15) is 17.9 Å². The van der Waals surface area contributed by atoms with Crippen molar-refractivity contribution in [3.05, 3.63) is 58.8 Å². The van der Waals surface area contributed by atoms with Gasteiger partial charge in [0.15, 0.2) is 0 Å². The van der Waals surface area contributed by atoms with Crippen molar-refractivity contribution < 1.29 is 22.3 Å². The Hall–Kier alpha value is -1.41. The number of hydrogen-bond acceptors (Lipinski definition) is 4. The van der Waals surface area contributed by atoms with Gasteiger partial charge in [-0.15, -0.1) is 0 Å². The molecule has 2 aromatic rings. The SMILES string of the molecule is O=S(=O)(Cc1cc(Cl)ccc1F)NC(CO)c1ccco1. The molecule has 1 unspecified atom stereocenters. The first-order chi connectivity index (χ1) is 9.91. The maximum atomic E-state index is 13.6. The lowest BCUT2D eigenvalue weighted by Crippen LogP contribution is -2.31. The molecule has 1 aromatic carbocycles. The van der Waals surface area contributed by atoms with Crippen LogP contribution >= 0.6 is 11.6 Å². The number of rotatable bonds is 6. The Kier molecular flexibility index (Phi) is 5.00. The van der Waals surface area contributed by atoms with Crippen LogP contribution in [0, 0.1) is 5.82 Å². The van der Waals surface area contributed by atoms with E-state index < -0.39 is 34.2 Å². The number of aliphatic hydroxyl groups is 1. The highest BCUT2D eigenvalue weighted by Crippen LogP contribution is 2.19. The first kappa shape index (κ1) is 16.0. The second kappa shape index (κ2) is 6.57. The van der Waals surface area contributed by atoms with Crippen LogP contribution in [-0.4, -0.2) is 20.1 Å². The molecule has 2 N–H and O–H groups in total. The third kappa shape index (κ3) is 4.28. The largest absolute Gasteiger partial charge is 0.468 e. The van der Waals surface area contributed by atoms with E-state index >= 15 is 0 Å². The molecule has 1 aromatic heterocycles. The fraction of sp³-hybridized carbons (Fsp3) is 0.231. The van der Waals surface area contributed by atoms with Crippen molar-refractivity contribution in [2.75, 3.05) is 6.61 Å². The van der Waals surface area contributed by atoms with Crippen LogP contribution in [0.1, 0.15) is 17.4 Å². The first-order valence-electron chi connectivity index (χ1n) is 5.99. The van der Waals surface area contributed by atoms with Crippen molar-refractivity contribution in [3.8, 4) is 0 Å². The van der Waals surface area contributed by atoms with Crippen molar-refractivity contribution in [3.63, 3.8) is 0 Å². The second-order valence-corrected chi connectivity index (χ2v) is 6.55. The van der Waals surface area contributed by atoms with E-state index in [4.69, 9.17) is 16.0 Å². The zero-order chi connectivity index (χ0) is 15.5. The highest BCUT2D eigenvalue weighted by Gasteiger charge is 2.22. The summed E-state index contributed by atoms with van der Waals surface area (Å²) in [5.74, 6) is -0.979. The lowest BCUT2D eigenvalue weighted by molar-refractivity contribution is 0.241. The molecule has 0 fully saturated rings. The molecule has 2 rings (SSSR count). The number of sulfonamides is 1. The summed E-state index contributed by atoms with van der Waals surface area (Å²) in [7, 11) is -3.88. The van der Waals surface area contributed by atoms with Gasteiger partial charge in [-0.05, 0) is 30.3 Å². The predicted octanol–water partition coefficient (Wildman–Crippen LogP) is 2.23. The summed E-state index contributed by atoms with van der Waals surface area (Å²) in [4.78, 5) is 0. The number of furan rings is 1. The van der Waals surface area contributed by atoms with E-state index in [0.29, 0.717) is 0 Å². The second-order valence-electron chi connectivity index (χ2n) is 4.36. The van der Waals surface area contributed by atoms with E-state index in [-0.39, 0.29) is 16.3 Å². The monoisotopic (exact) mass is 333 g/mol. The van der Waals surface area contributed by atoms with Crippen LogP contribution in [0.3, 0.4) is 0 Å². The van der Waals surface area contributed by atoms with E-state index in [1.165, 1.54) is 24.5 Å². The van der Waals surface area contributed by atoms with Gasteiger partial charge < -0.3 is 9.52 Å². The molecule has 1 atom stereocenters. The van der Waals surface area contributed by atoms with Crippen LogP contribution in [0.5, 0.6) is 0 Å². The Morgan fingerprint density at radius 3 is 2.76 bits per heavy atom. The summed E-state index contributed by atoms with van der Waals surface area (Å²) in [5.41, 5.74) is -0.0499. The third-order valence-electron chi connectivity index (χ3n) is 2.74. The topological polar surface area (TPSA) is 79.5 Å². The molecule has 8 heteroatoms. The summed E-state index contributed by atoms with van der Waals surface area (Å²) >= 11 is 5.72. The van der Waals surface area contributed by atoms with Crippen molar-refractivity contribution in [1.82, 2.24) is 4.72 Å². The molecule has 0 aliphatic carbocycles. The van der Waals surface area contributed by atoms with Gasteiger partial charge in [0.1, 0.15) is 17.6 Å². The van der Waals surface area contributed by atoms with Crippen molar-refractivity contribution in [2.45, 2.75) is 11.8 Å². The summed E-state index contributed by atoms with van der Waals surface area (Å²) in [5, 5.41) is 9.49. The van der Waals surface area contributed by atoms with Crippen molar-refractivity contribution in [2.24, 2.45) is 0 Å². The van der Waals surface area contributed by atoms with Gasteiger partial charge in [0.05, 0.1) is 18.6 Å². The molecule has 114 valence electrons. The van der Waals surface area contributed by atoms with Crippen LogP contribution in [0.25, 0.3) is 0 Å². The molecule has 5 nitrogen and oxygen atoms in total. The van der Waals surface area contributed by atoms with Crippen LogP contribution < -0.4 is 4.72 Å². The van der Waals surface area contributed by atoms with Gasteiger partial charge in [0, 0.05) is 10.6 Å². The first-order valence-corrected chi connectivity index (χ1v) is 8.02. The Balaban J connectivity index is 2.16. The number of nitrogens with one attached hydrogen (secondary N) is 1. The zero-order valence-electron chi connectivity index (χ0n) is 10.8. The molecular weight excluding hydrogens is 321 g/mol. The normalized spacial score (nSPS) is 13.3. The highest BCUT2D eigenvalue weighted by molar-refractivity contribution is 7.88. The third-order valence-corrected chi connectivity index (χ3v) is 4.31. The molecule has 0 aliphatic heterocycles. The van der Waals surface area contributed by atoms with E-state index in [2.05, 4.69) is 4.72 Å². The summed E-state index contributed by atoms with van der Waals surface area (Å²) in [6.07, 6.45) is 1.36. The lowest BCUT2D eigenvalue weighted by atomic mass is 10.2. The van der Waals surface area contributed by atoms with Crippen LogP contribution in [0.15, 0.2) is 41.0 Å². The molecule has 0 aliphatic rings. The highest BCUT2D eigenvalue weighted by atomic mass is 35.5. The minimum atomic E-state index is -3.88. The molecule has 21 heavy (non-hydrogen) atoms. The number of aliphatic hydroxyl groups excluding tert-OH is 1. The summed E-state index contributed by atoms with van der Waals surface area (Å²) in [6, 6.07) is 5.86. The smallest absolute Gasteiger partial charge is 0.216 e. The van der Waals surface area contributed by atoms with Gasteiger partial charge >= 0.3 is 0 Å². The molecule has 0 bridgehead atoms. The maximum absolute atomic E-state index is 13.6.